The first-order valence-electron chi connectivity index (χ1n) is 10.3. The molecule has 1 heterocycles. The molecule has 0 radical (unpaired) electrons. The van der Waals surface area contributed by atoms with Gasteiger partial charge in [0.15, 0.2) is 0 Å². The van der Waals surface area contributed by atoms with Crippen LogP contribution in [0.3, 0.4) is 0 Å². The molecule has 4 aromatic carbocycles. The summed E-state index contributed by atoms with van der Waals surface area (Å²) in [5.74, 6) is -0.181. The van der Waals surface area contributed by atoms with Crippen LogP contribution in [0.2, 0.25) is 5.02 Å². The summed E-state index contributed by atoms with van der Waals surface area (Å²) >= 11 is 6.25. The van der Waals surface area contributed by atoms with Crippen LogP contribution in [0.15, 0.2) is 109 Å². The zero-order chi connectivity index (χ0) is 21.9. The second-order valence-electron chi connectivity index (χ2n) is 7.48. The van der Waals surface area contributed by atoms with Crippen molar-refractivity contribution >= 4 is 34.1 Å². The van der Waals surface area contributed by atoms with Gasteiger partial charge < -0.3 is 5.32 Å². The lowest BCUT2D eigenvalue weighted by Crippen LogP contribution is -2.12. The lowest BCUT2D eigenvalue weighted by Gasteiger charge is -2.13. The summed E-state index contributed by atoms with van der Waals surface area (Å²) in [6.07, 6.45) is 0. The zero-order valence-electron chi connectivity index (χ0n) is 17.1. The van der Waals surface area contributed by atoms with Crippen molar-refractivity contribution in [2.24, 2.45) is 0 Å². The molecule has 5 rings (SSSR count). The van der Waals surface area contributed by atoms with E-state index in [4.69, 9.17) is 16.6 Å². The Morgan fingerprint density at radius 2 is 1.44 bits per heavy atom. The van der Waals surface area contributed by atoms with Crippen molar-refractivity contribution in [1.29, 1.82) is 0 Å². The number of hydrogen-bond acceptors (Lipinski definition) is 2. The van der Waals surface area contributed by atoms with Crippen LogP contribution in [0.25, 0.3) is 33.3 Å². The number of aromatic nitrogens is 1. The van der Waals surface area contributed by atoms with E-state index < -0.39 is 0 Å². The summed E-state index contributed by atoms with van der Waals surface area (Å²) in [7, 11) is 0. The summed E-state index contributed by atoms with van der Waals surface area (Å²) in [6.45, 7) is 0. The SMILES string of the molecule is O=C(Nc1cc(Cl)ccc1-c1ccc2ccc(-c3ccccc3)nc2c1)c1ccccc1. The first kappa shape index (κ1) is 20.0. The molecule has 1 N–H and O–H groups in total. The van der Waals surface area contributed by atoms with E-state index in [9.17, 15) is 4.79 Å². The Kier molecular flexibility index (Phi) is 5.40. The number of halogens is 1. The van der Waals surface area contributed by atoms with Crippen molar-refractivity contribution in [1.82, 2.24) is 4.98 Å². The van der Waals surface area contributed by atoms with Crippen molar-refractivity contribution in [3.8, 4) is 22.4 Å². The van der Waals surface area contributed by atoms with Crippen LogP contribution in [0, 0.1) is 0 Å². The van der Waals surface area contributed by atoms with Crippen molar-refractivity contribution in [2.75, 3.05) is 5.32 Å². The van der Waals surface area contributed by atoms with E-state index in [1.165, 1.54) is 0 Å². The Bertz CT molecular complexity index is 1420. The number of hydrogen-bond donors (Lipinski definition) is 1. The number of rotatable bonds is 4. The lowest BCUT2D eigenvalue weighted by molar-refractivity contribution is 0.102. The average Bonchev–Trinajstić information content (AvgIpc) is 2.84. The fourth-order valence-corrected chi connectivity index (χ4v) is 3.88. The molecule has 1 amide bonds. The van der Waals surface area contributed by atoms with E-state index >= 15 is 0 Å². The highest BCUT2D eigenvalue weighted by molar-refractivity contribution is 6.31. The summed E-state index contributed by atoms with van der Waals surface area (Å²) in [5, 5.41) is 4.62. The Labute approximate surface area is 191 Å². The Balaban J connectivity index is 1.55. The molecule has 0 spiro atoms. The van der Waals surface area contributed by atoms with Crippen LogP contribution >= 0.6 is 11.6 Å². The molecule has 0 aliphatic carbocycles. The lowest BCUT2D eigenvalue weighted by atomic mass is 10.0. The average molecular weight is 435 g/mol. The van der Waals surface area contributed by atoms with Crippen LogP contribution < -0.4 is 5.32 Å². The molecular weight excluding hydrogens is 416 g/mol. The third-order valence-electron chi connectivity index (χ3n) is 5.34. The second-order valence-corrected chi connectivity index (χ2v) is 7.92. The molecule has 5 aromatic rings. The number of pyridine rings is 1. The molecular formula is C28H19ClN2O. The normalized spacial score (nSPS) is 10.8. The highest BCUT2D eigenvalue weighted by atomic mass is 35.5. The monoisotopic (exact) mass is 434 g/mol. The minimum absolute atomic E-state index is 0.181. The van der Waals surface area contributed by atoms with E-state index in [2.05, 4.69) is 23.5 Å². The third-order valence-corrected chi connectivity index (χ3v) is 5.57. The maximum absolute atomic E-state index is 12.8. The summed E-state index contributed by atoms with van der Waals surface area (Å²) in [5.41, 5.74) is 5.96. The number of benzene rings is 4. The Hall–Kier alpha value is -3.95. The molecule has 1 aromatic heterocycles. The second kappa shape index (κ2) is 8.66. The van der Waals surface area contributed by atoms with Crippen molar-refractivity contribution < 1.29 is 4.79 Å². The number of nitrogens with zero attached hydrogens (tertiary/aromatic N) is 1. The standard InChI is InChI=1S/C28H19ClN2O/c29-23-14-15-24(27(18-23)31-28(32)21-9-5-2-6-10-21)22-12-11-20-13-16-25(30-26(20)17-22)19-7-3-1-4-8-19/h1-18H,(H,31,32). The fourth-order valence-electron chi connectivity index (χ4n) is 3.71. The number of anilines is 1. The maximum Gasteiger partial charge on any atom is 0.255 e. The molecule has 0 aliphatic heterocycles. The van der Waals surface area contributed by atoms with Gasteiger partial charge in [-0.25, -0.2) is 4.98 Å². The topological polar surface area (TPSA) is 42.0 Å². The first-order valence-corrected chi connectivity index (χ1v) is 10.7. The van der Waals surface area contributed by atoms with Gasteiger partial charge in [0.1, 0.15) is 0 Å². The molecule has 3 nitrogen and oxygen atoms in total. The van der Waals surface area contributed by atoms with E-state index in [1.807, 2.05) is 72.8 Å². The molecule has 0 fully saturated rings. The van der Waals surface area contributed by atoms with Crippen LogP contribution in [-0.2, 0) is 0 Å². The molecule has 154 valence electrons. The molecule has 0 unspecified atom stereocenters. The molecule has 4 heteroatoms. The zero-order valence-corrected chi connectivity index (χ0v) is 17.9. The quantitative estimate of drug-likeness (QED) is 0.318. The van der Waals surface area contributed by atoms with Crippen LogP contribution in [0.4, 0.5) is 5.69 Å². The van der Waals surface area contributed by atoms with Gasteiger partial charge in [-0.2, -0.15) is 0 Å². The number of nitrogens with one attached hydrogen (secondary N) is 1. The maximum atomic E-state index is 12.8. The molecule has 0 saturated carbocycles. The molecule has 0 bridgehead atoms. The third kappa shape index (κ3) is 4.11. The predicted octanol–water partition coefficient (Wildman–Crippen LogP) is 7.47. The van der Waals surface area contributed by atoms with Crippen molar-refractivity contribution in [2.45, 2.75) is 0 Å². The predicted molar refractivity (Wildman–Crippen MR) is 132 cm³/mol. The van der Waals surface area contributed by atoms with E-state index in [-0.39, 0.29) is 5.91 Å². The van der Waals surface area contributed by atoms with Gasteiger partial charge in [-0.05, 0) is 42.0 Å². The molecule has 32 heavy (non-hydrogen) atoms. The summed E-state index contributed by atoms with van der Waals surface area (Å²) in [6, 6.07) is 35.0. The smallest absolute Gasteiger partial charge is 0.255 e. The highest BCUT2D eigenvalue weighted by Crippen LogP contribution is 2.33. The largest absolute Gasteiger partial charge is 0.321 e. The van der Waals surface area contributed by atoms with Gasteiger partial charge in [-0.1, -0.05) is 84.4 Å². The van der Waals surface area contributed by atoms with Gasteiger partial charge >= 0.3 is 0 Å². The summed E-state index contributed by atoms with van der Waals surface area (Å²) < 4.78 is 0. The Morgan fingerprint density at radius 1 is 0.719 bits per heavy atom. The van der Waals surface area contributed by atoms with Gasteiger partial charge in [0.05, 0.1) is 16.9 Å². The van der Waals surface area contributed by atoms with Crippen LogP contribution in [-0.4, -0.2) is 10.9 Å². The number of amides is 1. The van der Waals surface area contributed by atoms with E-state index in [1.54, 1.807) is 18.2 Å². The number of carbonyl (C=O) groups is 1. The molecule has 0 aliphatic rings. The fraction of sp³-hybridized carbons (Fsp3) is 0. The van der Waals surface area contributed by atoms with E-state index in [0.29, 0.717) is 16.3 Å². The number of fused-ring (bicyclic) bond motifs is 1. The van der Waals surface area contributed by atoms with Crippen LogP contribution in [0.5, 0.6) is 0 Å². The Morgan fingerprint density at radius 3 is 2.22 bits per heavy atom. The molecule has 0 saturated heterocycles. The van der Waals surface area contributed by atoms with Crippen LogP contribution in [0.1, 0.15) is 10.4 Å². The highest BCUT2D eigenvalue weighted by Gasteiger charge is 2.12. The van der Waals surface area contributed by atoms with Gasteiger partial charge in [0.25, 0.3) is 5.91 Å². The van der Waals surface area contributed by atoms with Crippen molar-refractivity contribution in [3.63, 3.8) is 0 Å². The first-order chi connectivity index (χ1) is 15.7. The van der Waals surface area contributed by atoms with E-state index in [0.717, 1.165) is 33.3 Å². The summed E-state index contributed by atoms with van der Waals surface area (Å²) in [4.78, 5) is 17.6. The van der Waals surface area contributed by atoms with Gasteiger partial charge in [-0.3, -0.25) is 4.79 Å². The van der Waals surface area contributed by atoms with Gasteiger partial charge in [-0.15, -0.1) is 0 Å². The minimum Gasteiger partial charge on any atom is -0.321 e. The van der Waals surface area contributed by atoms with Gasteiger partial charge in [0, 0.05) is 27.1 Å². The van der Waals surface area contributed by atoms with Crippen molar-refractivity contribution in [3.05, 3.63) is 120 Å². The van der Waals surface area contributed by atoms with Gasteiger partial charge in [0.2, 0.25) is 0 Å². The minimum atomic E-state index is -0.181. The molecule has 0 atom stereocenters. The number of carbonyl (C=O) groups excluding carboxylic acids is 1.